The maximum Gasteiger partial charge on any atom is 0.413 e. The van der Waals surface area contributed by atoms with Gasteiger partial charge in [0.25, 0.3) is 0 Å². The highest BCUT2D eigenvalue weighted by Crippen LogP contribution is 2.14. The number of anilines is 1. The Kier molecular flexibility index (Phi) is 6.03. The highest BCUT2D eigenvalue weighted by molar-refractivity contribution is 5.84. The zero-order chi connectivity index (χ0) is 21.0. The number of aromatic nitrogens is 4. The summed E-state index contributed by atoms with van der Waals surface area (Å²) in [5, 5.41) is 11.0. The van der Waals surface area contributed by atoms with Gasteiger partial charge in [0.1, 0.15) is 17.6 Å². The summed E-state index contributed by atoms with van der Waals surface area (Å²) in [7, 11) is 1.79. The number of hydrogen-bond donors (Lipinski definition) is 2. The van der Waals surface area contributed by atoms with E-state index in [1.54, 1.807) is 59.3 Å². The van der Waals surface area contributed by atoms with E-state index in [9.17, 15) is 14.0 Å². The lowest BCUT2D eigenvalue weighted by Crippen LogP contribution is -2.36. The molecule has 2 aromatic heterocycles. The lowest BCUT2D eigenvalue weighted by molar-refractivity contribution is 0.0640. The maximum atomic E-state index is 13.0. The molecule has 0 saturated carbocycles. The molecule has 29 heavy (non-hydrogen) atoms. The lowest BCUT2D eigenvalue weighted by Gasteiger charge is -2.14. The van der Waals surface area contributed by atoms with Gasteiger partial charge >= 0.3 is 6.09 Å². The molecule has 0 spiro atoms. The van der Waals surface area contributed by atoms with Gasteiger partial charge < -0.3 is 4.74 Å². The molecule has 0 aliphatic rings. The van der Waals surface area contributed by atoms with Gasteiger partial charge in [0.2, 0.25) is 5.43 Å². The molecule has 152 valence electrons. The van der Waals surface area contributed by atoms with Gasteiger partial charge in [-0.3, -0.25) is 20.5 Å². The summed E-state index contributed by atoms with van der Waals surface area (Å²) < 4.78 is 21.0. The first-order chi connectivity index (χ1) is 13.8. The van der Waals surface area contributed by atoms with E-state index in [1.165, 1.54) is 13.0 Å². The second kappa shape index (κ2) is 8.65. The molecule has 9 nitrogen and oxygen atoms in total. The van der Waals surface area contributed by atoms with Crippen LogP contribution in [0.2, 0.25) is 0 Å². The zero-order valence-corrected chi connectivity index (χ0v) is 15.9. The van der Waals surface area contributed by atoms with Crippen molar-refractivity contribution in [3.05, 3.63) is 70.4 Å². The Bertz CT molecular complexity index is 1060. The second-order valence-corrected chi connectivity index (χ2v) is 6.49. The molecule has 2 atom stereocenters. The fourth-order valence-corrected chi connectivity index (χ4v) is 2.56. The number of ether oxygens (including phenoxy) is 1. The summed E-state index contributed by atoms with van der Waals surface area (Å²) in [6.45, 7) is 1.20. The predicted molar refractivity (Wildman–Crippen MR) is 104 cm³/mol. The number of amides is 1. The number of hydrogen-bond acceptors (Lipinski definition) is 6. The molecule has 2 heterocycles. The number of rotatable bonds is 6. The molecule has 1 aromatic carbocycles. The van der Waals surface area contributed by atoms with Gasteiger partial charge in [-0.05, 0) is 24.6 Å². The van der Waals surface area contributed by atoms with E-state index in [2.05, 4.69) is 15.5 Å². The minimum Gasteiger partial charge on any atom is -0.427 e. The Morgan fingerprint density at radius 1 is 1.38 bits per heavy atom. The number of carbonyl (C=O) groups is 1. The van der Waals surface area contributed by atoms with Crippen molar-refractivity contribution in [3.63, 3.8) is 0 Å². The van der Waals surface area contributed by atoms with E-state index in [0.717, 1.165) is 11.3 Å². The fraction of sp³-hybridized carbons (Fsp3) is 0.263. The standard InChI is InChI=1S/C19H21FN6O3/c1-12(20)18(21)29-19(28)23-14-5-3-4-13(8-14)9-16-17(27)6-7-26(24-16)15-10-22-25(2)11-15/h3-8,10-12,18H,9,21H2,1-2H3,(H,23,28). The number of benzene rings is 1. The third-order valence-electron chi connectivity index (χ3n) is 4.08. The number of nitrogens with one attached hydrogen (secondary N) is 1. The molecule has 3 rings (SSSR count). The SMILES string of the molecule is CC(F)C(N)OC(=O)Nc1cccc(Cc2nn(-c3cnn(C)c3)ccc2=O)c1. The number of halogens is 1. The Morgan fingerprint density at radius 3 is 2.86 bits per heavy atom. The smallest absolute Gasteiger partial charge is 0.413 e. The van der Waals surface area contributed by atoms with Gasteiger partial charge in [0, 0.05) is 31.4 Å². The number of aryl methyl sites for hydroxylation is 1. The van der Waals surface area contributed by atoms with E-state index in [-0.39, 0.29) is 11.8 Å². The van der Waals surface area contributed by atoms with Crippen LogP contribution < -0.4 is 16.5 Å². The maximum absolute atomic E-state index is 13.0. The van der Waals surface area contributed by atoms with Crippen molar-refractivity contribution in [1.82, 2.24) is 19.6 Å². The topological polar surface area (TPSA) is 117 Å². The van der Waals surface area contributed by atoms with E-state index >= 15 is 0 Å². The molecule has 0 saturated heterocycles. The van der Waals surface area contributed by atoms with Crippen molar-refractivity contribution in [3.8, 4) is 5.69 Å². The van der Waals surface area contributed by atoms with Crippen molar-refractivity contribution < 1.29 is 13.9 Å². The average molecular weight is 400 g/mol. The Balaban J connectivity index is 1.75. The van der Waals surface area contributed by atoms with Crippen molar-refractivity contribution in [1.29, 1.82) is 0 Å². The van der Waals surface area contributed by atoms with Crippen LogP contribution in [0, 0.1) is 0 Å². The van der Waals surface area contributed by atoms with Crippen LogP contribution in [0.15, 0.2) is 53.7 Å². The molecule has 0 aliphatic heterocycles. The lowest BCUT2D eigenvalue weighted by atomic mass is 10.1. The van der Waals surface area contributed by atoms with Crippen LogP contribution in [0.1, 0.15) is 18.2 Å². The number of nitrogens with two attached hydrogens (primary N) is 1. The monoisotopic (exact) mass is 400 g/mol. The van der Waals surface area contributed by atoms with Gasteiger partial charge in [-0.1, -0.05) is 12.1 Å². The Morgan fingerprint density at radius 2 is 2.17 bits per heavy atom. The Labute approximate surface area is 165 Å². The van der Waals surface area contributed by atoms with E-state index < -0.39 is 18.5 Å². The number of alkyl halides is 1. The first kappa shape index (κ1) is 20.2. The van der Waals surface area contributed by atoms with Crippen LogP contribution >= 0.6 is 0 Å². The minimum absolute atomic E-state index is 0.203. The summed E-state index contributed by atoms with van der Waals surface area (Å²) in [6.07, 6.45) is 1.55. The summed E-state index contributed by atoms with van der Waals surface area (Å²) >= 11 is 0. The average Bonchev–Trinajstić information content (AvgIpc) is 3.10. The number of nitrogens with zero attached hydrogens (tertiary/aromatic N) is 4. The van der Waals surface area contributed by atoms with E-state index in [1.807, 2.05) is 0 Å². The second-order valence-electron chi connectivity index (χ2n) is 6.49. The highest BCUT2D eigenvalue weighted by atomic mass is 19.1. The van der Waals surface area contributed by atoms with Crippen molar-refractivity contribution in [2.75, 3.05) is 5.32 Å². The van der Waals surface area contributed by atoms with Gasteiger partial charge in [0.05, 0.1) is 12.4 Å². The van der Waals surface area contributed by atoms with Crippen LogP contribution in [0.25, 0.3) is 5.69 Å². The molecule has 0 radical (unpaired) electrons. The quantitative estimate of drug-likeness (QED) is 0.609. The molecule has 0 aliphatic carbocycles. The van der Waals surface area contributed by atoms with Crippen LogP contribution in [-0.2, 0) is 18.2 Å². The molecule has 3 aromatic rings. The molecule has 10 heteroatoms. The summed E-state index contributed by atoms with van der Waals surface area (Å²) in [5.41, 5.74) is 7.41. The highest BCUT2D eigenvalue weighted by Gasteiger charge is 2.16. The van der Waals surface area contributed by atoms with Crippen LogP contribution in [0.4, 0.5) is 14.9 Å². The third kappa shape index (κ3) is 5.26. The molecular formula is C19H21FN6O3. The molecular weight excluding hydrogens is 379 g/mol. The largest absolute Gasteiger partial charge is 0.427 e. The van der Waals surface area contributed by atoms with Crippen LogP contribution in [0.3, 0.4) is 0 Å². The van der Waals surface area contributed by atoms with Gasteiger partial charge in [0.15, 0.2) is 6.23 Å². The van der Waals surface area contributed by atoms with Crippen molar-refractivity contribution in [2.45, 2.75) is 25.7 Å². The molecule has 0 bridgehead atoms. The van der Waals surface area contributed by atoms with Gasteiger partial charge in [-0.15, -0.1) is 0 Å². The predicted octanol–water partition coefficient (Wildman–Crippen LogP) is 1.75. The number of carbonyl (C=O) groups excluding carboxylic acids is 1. The minimum atomic E-state index is -1.49. The van der Waals surface area contributed by atoms with Crippen molar-refractivity contribution in [2.24, 2.45) is 12.8 Å². The first-order valence-corrected chi connectivity index (χ1v) is 8.86. The Hall–Kier alpha value is -3.53. The summed E-state index contributed by atoms with van der Waals surface area (Å²) in [6, 6.07) is 8.27. The zero-order valence-electron chi connectivity index (χ0n) is 15.9. The van der Waals surface area contributed by atoms with Gasteiger partial charge in [-0.25, -0.2) is 13.9 Å². The van der Waals surface area contributed by atoms with Crippen LogP contribution in [0.5, 0.6) is 0 Å². The first-order valence-electron chi connectivity index (χ1n) is 8.86. The van der Waals surface area contributed by atoms with E-state index in [4.69, 9.17) is 10.5 Å². The van der Waals surface area contributed by atoms with Crippen LogP contribution in [-0.4, -0.2) is 38.1 Å². The summed E-state index contributed by atoms with van der Waals surface area (Å²) in [4.78, 5) is 24.0. The van der Waals surface area contributed by atoms with Crippen molar-refractivity contribution >= 4 is 11.8 Å². The molecule has 1 amide bonds. The summed E-state index contributed by atoms with van der Waals surface area (Å²) in [5.74, 6) is 0. The van der Waals surface area contributed by atoms with Gasteiger partial charge in [-0.2, -0.15) is 10.2 Å². The van der Waals surface area contributed by atoms with E-state index in [0.29, 0.717) is 11.4 Å². The molecule has 2 unspecified atom stereocenters. The normalized spacial score (nSPS) is 13.0. The molecule has 0 fully saturated rings. The molecule has 3 N–H and O–H groups in total. The fourth-order valence-electron chi connectivity index (χ4n) is 2.56. The third-order valence-corrected chi connectivity index (χ3v) is 4.08.